The summed E-state index contributed by atoms with van der Waals surface area (Å²) in [5.41, 5.74) is -2.67. The summed E-state index contributed by atoms with van der Waals surface area (Å²) in [6.07, 6.45) is 0.962. The molecule has 1 aromatic carbocycles. The van der Waals surface area contributed by atoms with E-state index in [1.54, 1.807) is 0 Å². The van der Waals surface area contributed by atoms with Gasteiger partial charge in [-0.3, -0.25) is 4.79 Å². The van der Waals surface area contributed by atoms with Crippen LogP contribution in [0.15, 0.2) is 60.7 Å². The van der Waals surface area contributed by atoms with E-state index in [4.69, 9.17) is 21.4 Å². The molecule has 2 N–H and O–H groups in total. The lowest BCUT2D eigenvalue weighted by Gasteiger charge is -2.19. The van der Waals surface area contributed by atoms with E-state index < -0.39 is 40.7 Å². The molecule has 0 spiro atoms. The average Bonchev–Trinajstić information content (AvgIpc) is 3.49. The molecule has 0 unspecified atom stereocenters. The Morgan fingerprint density at radius 2 is 1.86 bits per heavy atom. The van der Waals surface area contributed by atoms with Crippen LogP contribution in [0.5, 0.6) is 11.6 Å². The van der Waals surface area contributed by atoms with Crippen molar-refractivity contribution in [1.82, 2.24) is 15.1 Å². The van der Waals surface area contributed by atoms with E-state index in [2.05, 4.69) is 17.0 Å². The monoisotopic (exact) mass is 511 g/mol. The van der Waals surface area contributed by atoms with Crippen LogP contribution in [0, 0.1) is 0 Å². The zero-order valence-corrected chi connectivity index (χ0v) is 20.1. The summed E-state index contributed by atoms with van der Waals surface area (Å²) in [5, 5.41) is 15.2. The Morgan fingerprint density at radius 3 is 2.34 bits per heavy atom. The Labute approximate surface area is 205 Å². The topological polar surface area (TPSA) is 93.5 Å². The number of rotatable bonds is 8. The van der Waals surface area contributed by atoms with Gasteiger partial charge in [0.1, 0.15) is 11.3 Å². The first-order chi connectivity index (χ1) is 16.5. The minimum Gasteiger partial charge on any atom is -0.478 e. The molecule has 0 atom stereocenters. The molecule has 0 saturated heterocycles. The number of allylic oxidation sites excluding steroid dienone is 2. The Bertz CT molecular complexity index is 1150. The predicted molar refractivity (Wildman–Crippen MR) is 126 cm³/mol. The first-order valence-electron chi connectivity index (χ1n) is 10.6. The van der Waals surface area contributed by atoms with E-state index >= 15 is 0 Å². The minimum absolute atomic E-state index is 0.164. The third kappa shape index (κ3) is 6.75. The largest absolute Gasteiger partial charge is 0.478 e. The van der Waals surface area contributed by atoms with Crippen molar-refractivity contribution >= 4 is 23.5 Å². The highest BCUT2D eigenvalue weighted by molar-refractivity contribution is 6.30. The second-order valence-corrected chi connectivity index (χ2v) is 7.70. The average molecular weight is 512 g/mol. The number of hydrogen-bond donors (Lipinski definition) is 2. The van der Waals surface area contributed by atoms with Crippen LogP contribution in [0.25, 0.3) is 0 Å². The number of aliphatic carboxylic acids is 1. The van der Waals surface area contributed by atoms with Crippen molar-refractivity contribution in [3.05, 3.63) is 77.0 Å². The summed E-state index contributed by atoms with van der Waals surface area (Å²) < 4.78 is 47.5. The van der Waals surface area contributed by atoms with Crippen LogP contribution >= 0.6 is 11.6 Å². The second-order valence-electron chi connectivity index (χ2n) is 7.27. The van der Waals surface area contributed by atoms with Crippen molar-refractivity contribution in [2.24, 2.45) is 7.05 Å². The van der Waals surface area contributed by atoms with Crippen LogP contribution in [0.2, 0.25) is 5.02 Å². The summed E-state index contributed by atoms with van der Waals surface area (Å²) in [4.78, 5) is 23.8. The molecule has 0 bridgehead atoms. The Morgan fingerprint density at radius 1 is 1.26 bits per heavy atom. The smallest absolute Gasteiger partial charge is 0.436 e. The number of carboxylic acids is 1. The lowest BCUT2D eigenvalue weighted by Crippen LogP contribution is -2.38. The van der Waals surface area contributed by atoms with Gasteiger partial charge in [-0.2, -0.15) is 18.3 Å². The van der Waals surface area contributed by atoms with E-state index in [1.807, 2.05) is 13.8 Å². The van der Waals surface area contributed by atoms with Gasteiger partial charge in [0.15, 0.2) is 5.69 Å². The summed E-state index contributed by atoms with van der Waals surface area (Å²) in [7, 11) is 1.23. The Kier molecular flexibility index (Phi) is 8.92. The number of benzene rings is 1. The van der Waals surface area contributed by atoms with Crippen molar-refractivity contribution in [2.45, 2.75) is 38.4 Å². The number of alkyl halides is 3. The van der Waals surface area contributed by atoms with E-state index in [1.165, 1.54) is 49.5 Å². The van der Waals surface area contributed by atoms with Crippen LogP contribution in [0.4, 0.5) is 13.2 Å². The fourth-order valence-electron chi connectivity index (χ4n) is 3.19. The Hall–Kier alpha value is -3.53. The fraction of sp³-hybridized carbons (Fsp3) is 0.292. The summed E-state index contributed by atoms with van der Waals surface area (Å²) in [6.45, 7) is 7.65. The zero-order valence-electron chi connectivity index (χ0n) is 19.3. The van der Waals surface area contributed by atoms with Crippen LogP contribution in [0.3, 0.4) is 0 Å². The Balaban J connectivity index is 0.00000210. The van der Waals surface area contributed by atoms with Crippen molar-refractivity contribution in [3.63, 3.8) is 0 Å². The molecule has 0 radical (unpaired) electrons. The molecular formula is C24H25ClF3N3O4. The van der Waals surface area contributed by atoms with E-state index in [9.17, 15) is 22.8 Å². The van der Waals surface area contributed by atoms with Crippen molar-refractivity contribution in [2.75, 3.05) is 0 Å². The molecule has 3 rings (SSSR count). The number of ether oxygens (including phenoxy) is 1. The maximum Gasteiger partial charge on any atom is 0.436 e. The van der Waals surface area contributed by atoms with Crippen molar-refractivity contribution in [3.8, 4) is 11.6 Å². The first kappa shape index (κ1) is 27.7. The molecule has 1 fully saturated rings. The summed E-state index contributed by atoms with van der Waals surface area (Å²) in [6, 6.07) is 5.87. The van der Waals surface area contributed by atoms with Gasteiger partial charge in [0, 0.05) is 18.1 Å². The van der Waals surface area contributed by atoms with Crippen molar-refractivity contribution < 1.29 is 32.6 Å². The number of aromatic nitrogens is 2. The van der Waals surface area contributed by atoms with Gasteiger partial charge in [-0.15, -0.1) is 0 Å². The van der Waals surface area contributed by atoms with Crippen molar-refractivity contribution in [1.29, 1.82) is 0 Å². The van der Waals surface area contributed by atoms with Crippen LogP contribution in [-0.2, 0) is 18.0 Å². The number of nitrogens with one attached hydrogen (secondary N) is 1. The van der Waals surface area contributed by atoms with Gasteiger partial charge in [0.05, 0.1) is 5.54 Å². The molecule has 35 heavy (non-hydrogen) atoms. The van der Waals surface area contributed by atoms with Gasteiger partial charge < -0.3 is 15.2 Å². The summed E-state index contributed by atoms with van der Waals surface area (Å²) >= 11 is 5.83. The molecule has 0 aliphatic heterocycles. The van der Waals surface area contributed by atoms with Gasteiger partial charge in [-0.25, -0.2) is 9.48 Å². The highest BCUT2D eigenvalue weighted by atomic mass is 35.5. The number of amides is 1. The molecule has 7 nitrogen and oxygen atoms in total. The van der Waals surface area contributed by atoms with Gasteiger partial charge in [-0.05, 0) is 42.7 Å². The standard InChI is InChI=1S/C22H19ClF3N3O4.C2H6/c1-3-13(5-4-6-16(30)31)21(11-12-21)27-19(32)17-18(22(24,25)26)28-29(2)20(17)33-15-9-7-14(23)8-10-15;1-2/h3-10H,1,11-12H2,2H3,(H,27,32)(H,30,31);1-2H3/b6-4+,13-5+;. The third-order valence-electron chi connectivity index (χ3n) is 4.91. The normalized spacial score (nSPS) is 14.7. The number of nitrogens with zero attached hydrogens (tertiary/aromatic N) is 2. The maximum atomic E-state index is 13.7. The van der Waals surface area contributed by atoms with Crippen LogP contribution in [0.1, 0.15) is 42.7 Å². The molecule has 1 amide bonds. The van der Waals surface area contributed by atoms with E-state index in [-0.39, 0.29) is 5.75 Å². The number of aryl methyl sites for hydroxylation is 1. The van der Waals surface area contributed by atoms with Gasteiger partial charge in [0.25, 0.3) is 5.91 Å². The third-order valence-corrected chi connectivity index (χ3v) is 5.16. The van der Waals surface area contributed by atoms with Crippen LogP contribution < -0.4 is 10.1 Å². The lowest BCUT2D eigenvalue weighted by atomic mass is 10.0. The molecule has 1 aliphatic carbocycles. The predicted octanol–water partition coefficient (Wildman–Crippen LogP) is 5.93. The van der Waals surface area contributed by atoms with Gasteiger partial charge in [-0.1, -0.05) is 50.3 Å². The molecule has 1 saturated carbocycles. The fourth-order valence-corrected chi connectivity index (χ4v) is 3.32. The quantitative estimate of drug-likeness (QED) is 0.338. The molecule has 11 heteroatoms. The first-order valence-corrected chi connectivity index (χ1v) is 11.0. The maximum absolute atomic E-state index is 13.7. The number of halogens is 4. The molecule has 188 valence electrons. The lowest BCUT2D eigenvalue weighted by molar-refractivity contribution is -0.141. The van der Waals surface area contributed by atoms with E-state index in [0.717, 1.165) is 10.8 Å². The van der Waals surface area contributed by atoms with E-state index in [0.29, 0.717) is 23.4 Å². The molecule has 1 aliphatic rings. The molecule has 1 heterocycles. The van der Waals surface area contributed by atoms with Gasteiger partial charge in [0.2, 0.25) is 5.88 Å². The molecular weight excluding hydrogens is 487 g/mol. The highest BCUT2D eigenvalue weighted by Crippen LogP contribution is 2.44. The molecule has 1 aromatic heterocycles. The van der Waals surface area contributed by atoms with Gasteiger partial charge >= 0.3 is 12.1 Å². The summed E-state index contributed by atoms with van der Waals surface area (Å²) in [5.74, 6) is -2.44. The second kappa shape index (κ2) is 11.3. The highest BCUT2D eigenvalue weighted by Gasteiger charge is 2.49. The number of carboxylic acid groups (broad SMARTS) is 1. The minimum atomic E-state index is -4.91. The van der Waals surface area contributed by atoms with Crippen LogP contribution in [-0.4, -0.2) is 32.3 Å². The SMILES string of the molecule is C=C/C(=C\C=C\C(=O)O)C1(NC(=O)c2c(C(F)(F)F)nn(C)c2Oc2ccc(Cl)cc2)CC1.CC. The zero-order chi connectivity index (χ0) is 26.4. The molecule has 2 aromatic rings. The number of hydrogen-bond acceptors (Lipinski definition) is 4. The number of carbonyl (C=O) groups is 2. The number of carbonyl (C=O) groups excluding carboxylic acids is 1.